The van der Waals surface area contributed by atoms with Gasteiger partial charge in [-0.2, -0.15) is 0 Å². The lowest BCUT2D eigenvalue weighted by Crippen LogP contribution is -2.54. The minimum Gasteiger partial charge on any atom is -0.311 e. The first-order valence-corrected chi connectivity index (χ1v) is 9.04. The van der Waals surface area contributed by atoms with Crippen molar-refractivity contribution in [2.75, 3.05) is 11.4 Å². The third-order valence-electron chi connectivity index (χ3n) is 6.87. The van der Waals surface area contributed by atoms with Crippen molar-refractivity contribution in [3.63, 3.8) is 0 Å². The van der Waals surface area contributed by atoms with Gasteiger partial charge in [-0.1, -0.05) is 17.7 Å². The van der Waals surface area contributed by atoms with E-state index in [2.05, 4.69) is 30.0 Å². The van der Waals surface area contributed by atoms with Crippen LogP contribution < -0.4 is 4.90 Å². The summed E-state index contributed by atoms with van der Waals surface area (Å²) in [4.78, 5) is 15.6. The summed E-state index contributed by atoms with van der Waals surface area (Å²) in [6, 6.07) is 6.60. The third kappa shape index (κ3) is 1.76. The molecule has 1 heterocycles. The third-order valence-corrected chi connectivity index (χ3v) is 6.87. The molecule has 0 radical (unpaired) electrons. The molecular weight excluding hydrogens is 270 g/mol. The molecular formula is C20H25NO. The largest absolute Gasteiger partial charge is 0.311 e. The molecule has 4 fully saturated rings. The maximum atomic E-state index is 13.5. The first-order valence-electron chi connectivity index (χ1n) is 9.04. The Balaban J connectivity index is 1.49. The number of rotatable bonds is 1. The number of hydrogen-bond acceptors (Lipinski definition) is 1. The molecule has 0 N–H and O–H groups in total. The first-order chi connectivity index (χ1) is 10.6. The van der Waals surface area contributed by atoms with Crippen LogP contribution in [0.5, 0.6) is 0 Å². The smallest absolute Gasteiger partial charge is 0.233 e. The Morgan fingerprint density at radius 1 is 1.09 bits per heavy atom. The predicted octanol–water partition coefficient (Wildman–Crippen LogP) is 4.10. The first kappa shape index (κ1) is 13.2. The van der Waals surface area contributed by atoms with Crippen molar-refractivity contribution in [1.29, 1.82) is 0 Å². The van der Waals surface area contributed by atoms with Gasteiger partial charge in [0.05, 0.1) is 5.41 Å². The lowest BCUT2D eigenvalue weighted by atomic mass is 9.49. The van der Waals surface area contributed by atoms with Gasteiger partial charge in [-0.25, -0.2) is 0 Å². The fraction of sp³-hybridized carbons (Fsp3) is 0.650. The normalized spacial score (nSPS) is 38.4. The van der Waals surface area contributed by atoms with E-state index >= 15 is 0 Å². The summed E-state index contributed by atoms with van der Waals surface area (Å²) in [5.74, 6) is 3.00. The van der Waals surface area contributed by atoms with Gasteiger partial charge >= 0.3 is 0 Å². The van der Waals surface area contributed by atoms with E-state index in [4.69, 9.17) is 0 Å². The lowest BCUT2D eigenvalue weighted by molar-refractivity contribution is -0.143. The van der Waals surface area contributed by atoms with E-state index in [9.17, 15) is 4.79 Å². The van der Waals surface area contributed by atoms with Gasteiger partial charge in [0.25, 0.3) is 0 Å². The molecule has 1 aromatic rings. The number of hydrogen-bond donors (Lipinski definition) is 0. The van der Waals surface area contributed by atoms with Crippen LogP contribution >= 0.6 is 0 Å². The second kappa shape index (κ2) is 4.37. The van der Waals surface area contributed by atoms with E-state index in [1.54, 1.807) is 0 Å². The van der Waals surface area contributed by atoms with Crippen LogP contribution in [0, 0.1) is 30.1 Å². The summed E-state index contributed by atoms with van der Waals surface area (Å²) in [7, 11) is 0. The van der Waals surface area contributed by atoms with Gasteiger partial charge < -0.3 is 4.90 Å². The molecule has 0 aromatic heterocycles. The van der Waals surface area contributed by atoms with Crippen LogP contribution in [0.25, 0.3) is 0 Å². The number of benzene rings is 1. The summed E-state index contributed by atoms with van der Waals surface area (Å²) in [6.07, 6.45) is 8.78. The Hall–Kier alpha value is -1.31. The van der Waals surface area contributed by atoms with Gasteiger partial charge in [-0.05, 0) is 81.3 Å². The maximum Gasteiger partial charge on any atom is 0.233 e. The summed E-state index contributed by atoms with van der Waals surface area (Å²) < 4.78 is 0. The molecule has 2 nitrogen and oxygen atoms in total. The highest BCUT2D eigenvalue weighted by Crippen LogP contribution is 2.61. The van der Waals surface area contributed by atoms with E-state index < -0.39 is 0 Å². The van der Waals surface area contributed by atoms with Crippen LogP contribution in [0.1, 0.15) is 49.7 Å². The Bertz CT molecular complexity index is 612. The molecule has 1 aromatic carbocycles. The van der Waals surface area contributed by atoms with Gasteiger partial charge in [-0.3, -0.25) is 4.79 Å². The van der Waals surface area contributed by atoms with Crippen LogP contribution in [0.15, 0.2) is 18.2 Å². The fourth-order valence-corrected chi connectivity index (χ4v) is 6.40. The molecule has 4 bridgehead atoms. The molecule has 5 aliphatic rings. The molecule has 0 atom stereocenters. The minimum absolute atomic E-state index is 0.00124. The zero-order valence-electron chi connectivity index (χ0n) is 13.5. The molecule has 0 spiro atoms. The Morgan fingerprint density at radius 2 is 1.73 bits per heavy atom. The average molecular weight is 295 g/mol. The van der Waals surface area contributed by atoms with Crippen LogP contribution in [0.4, 0.5) is 5.69 Å². The summed E-state index contributed by atoms with van der Waals surface area (Å²) in [5.41, 5.74) is 3.88. The van der Waals surface area contributed by atoms with Crippen molar-refractivity contribution in [3.05, 3.63) is 29.3 Å². The van der Waals surface area contributed by atoms with Crippen molar-refractivity contribution < 1.29 is 4.79 Å². The molecule has 4 saturated carbocycles. The topological polar surface area (TPSA) is 20.3 Å². The number of carbonyl (C=O) groups is 1. The average Bonchev–Trinajstić information content (AvgIpc) is 2.87. The molecule has 1 amide bonds. The van der Waals surface area contributed by atoms with E-state index in [0.717, 1.165) is 30.7 Å². The molecule has 0 unspecified atom stereocenters. The maximum absolute atomic E-state index is 13.5. The van der Waals surface area contributed by atoms with E-state index in [1.807, 2.05) is 0 Å². The number of nitrogens with zero attached hydrogens (tertiary/aromatic N) is 1. The Labute approximate surface area is 132 Å². The van der Waals surface area contributed by atoms with Crippen LogP contribution in [0.3, 0.4) is 0 Å². The second-order valence-electron chi connectivity index (χ2n) is 8.54. The quantitative estimate of drug-likeness (QED) is 0.764. The number of fused-ring (bicyclic) bond motifs is 1. The minimum atomic E-state index is 0.00124. The van der Waals surface area contributed by atoms with Crippen LogP contribution in [-0.4, -0.2) is 12.5 Å². The Morgan fingerprint density at radius 3 is 2.36 bits per heavy atom. The van der Waals surface area contributed by atoms with E-state index in [1.165, 1.54) is 55.3 Å². The van der Waals surface area contributed by atoms with Gasteiger partial charge in [0.15, 0.2) is 0 Å². The van der Waals surface area contributed by atoms with Crippen molar-refractivity contribution in [3.8, 4) is 0 Å². The van der Waals surface area contributed by atoms with Gasteiger partial charge in [-0.15, -0.1) is 0 Å². The van der Waals surface area contributed by atoms with E-state index in [0.29, 0.717) is 5.91 Å². The zero-order chi connectivity index (χ0) is 14.9. The van der Waals surface area contributed by atoms with E-state index in [-0.39, 0.29) is 5.41 Å². The molecule has 1 aliphatic heterocycles. The SMILES string of the molecule is Cc1ccc2c(c1)CCN2C(=O)C12CC3CC(CC(C3)C1)C2. The molecule has 2 heteroatoms. The van der Waals surface area contributed by atoms with Crippen molar-refractivity contribution in [1.82, 2.24) is 0 Å². The Kier molecular flexibility index (Phi) is 2.61. The fourth-order valence-electron chi connectivity index (χ4n) is 6.40. The van der Waals surface area contributed by atoms with Crippen LogP contribution in [-0.2, 0) is 11.2 Å². The van der Waals surface area contributed by atoms with Crippen LogP contribution in [0.2, 0.25) is 0 Å². The number of aryl methyl sites for hydroxylation is 1. The van der Waals surface area contributed by atoms with Gasteiger partial charge in [0.1, 0.15) is 0 Å². The summed E-state index contributed by atoms with van der Waals surface area (Å²) in [6.45, 7) is 3.04. The summed E-state index contributed by atoms with van der Waals surface area (Å²) >= 11 is 0. The number of carbonyl (C=O) groups excluding carboxylic acids is 1. The highest BCUT2D eigenvalue weighted by Gasteiger charge is 2.56. The van der Waals surface area contributed by atoms with Gasteiger partial charge in [0.2, 0.25) is 5.91 Å². The molecule has 22 heavy (non-hydrogen) atoms. The molecule has 0 saturated heterocycles. The highest BCUT2D eigenvalue weighted by molar-refractivity contribution is 5.99. The lowest BCUT2D eigenvalue weighted by Gasteiger charge is -2.56. The summed E-state index contributed by atoms with van der Waals surface area (Å²) in [5, 5.41) is 0. The predicted molar refractivity (Wildman–Crippen MR) is 87.8 cm³/mol. The second-order valence-corrected chi connectivity index (χ2v) is 8.54. The van der Waals surface area contributed by atoms with Crippen molar-refractivity contribution in [2.45, 2.75) is 51.9 Å². The van der Waals surface area contributed by atoms with Crippen molar-refractivity contribution >= 4 is 11.6 Å². The highest BCUT2D eigenvalue weighted by atomic mass is 16.2. The molecule has 4 aliphatic carbocycles. The number of anilines is 1. The van der Waals surface area contributed by atoms with Gasteiger partial charge in [0, 0.05) is 12.2 Å². The zero-order valence-corrected chi connectivity index (χ0v) is 13.5. The molecule has 6 rings (SSSR count). The standard InChI is InChI=1S/C20H25NO/c1-13-2-3-18-17(6-13)4-5-21(18)19(22)20-10-14-7-15(11-20)9-16(8-14)12-20/h2-3,6,14-16H,4-5,7-12H2,1H3. The number of amides is 1. The van der Waals surface area contributed by atoms with Crippen molar-refractivity contribution in [2.24, 2.45) is 23.2 Å². The molecule has 116 valence electrons. The monoisotopic (exact) mass is 295 g/mol.